The van der Waals surface area contributed by atoms with Crippen LogP contribution in [-0.2, 0) is 24.7 Å². The summed E-state index contributed by atoms with van der Waals surface area (Å²) in [6, 6.07) is 14.8. The molecule has 2 heterocycles. The number of benzene rings is 3. The summed E-state index contributed by atoms with van der Waals surface area (Å²) in [4.78, 5) is 50.6. The van der Waals surface area contributed by atoms with Crippen molar-refractivity contribution >= 4 is 29.5 Å². The summed E-state index contributed by atoms with van der Waals surface area (Å²) < 4.78 is 23.7. The Labute approximate surface area is 257 Å². The minimum Gasteiger partial charge on any atom is -0.456 e. The topological polar surface area (TPSA) is 117 Å². The molecule has 9 heteroatoms. The molecule has 1 N–H and O–H groups in total. The van der Waals surface area contributed by atoms with E-state index < -0.39 is 34.3 Å². The van der Waals surface area contributed by atoms with E-state index >= 15 is 0 Å². The highest BCUT2D eigenvalue weighted by Gasteiger charge is 2.54. The Hall–Kier alpha value is -4.66. The lowest BCUT2D eigenvalue weighted by atomic mass is 9.77. The molecule has 0 unspecified atom stereocenters. The zero-order chi connectivity index (χ0) is 32.6. The minimum atomic E-state index is -1.41. The molecule has 0 saturated carbocycles. The first-order valence-electron chi connectivity index (χ1n) is 14.7. The van der Waals surface area contributed by atoms with E-state index in [2.05, 4.69) is 5.32 Å². The SMILES string of the molecule is CC.CCC(=O)Nc1ccc2c(c1)C(=O)OC21c2ccc(OC(=O)C(C)(C)C)cc2Oc2cc(OC(=O)C(C)(C)C)ccc21. The Balaban J connectivity index is 0.00000216. The van der Waals surface area contributed by atoms with Gasteiger partial charge in [-0.2, -0.15) is 0 Å². The first-order valence-corrected chi connectivity index (χ1v) is 14.7. The molecule has 1 spiro atoms. The highest BCUT2D eigenvalue weighted by atomic mass is 16.6. The van der Waals surface area contributed by atoms with Crippen LogP contribution in [0, 0.1) is 10.8 Å². The van der Waals surface area contributed by atoms with E-state index in [1.807, 2.05) is 13.8 Å². The molecule has 0 fully saturated rings. The maximum Gasteiger partial charge on any atom is 0.340 e. The molecule has 44 heavy (non-hydrogen) atoms. The van der Waals surface area contributed by atoms with Gasteiger partial charge in [-0.25, -0.2) is 4.79 Å². The lowest BCUT2D eigenvalue weighted by Gasteiger charge is -2.36. The summed E-state index contributed by atoms with van der Waals surface area (Å²) in [5, 5.41) is 2.78. The van der Waals surface area contributed by atoms with Crippen molar-refractivity contribution in [2.75, 3.05) is 5.32 Å². The summed E-state index contributed by atoms with van der Waals surface area (Å²) in [7, 11) is 0. The molecule has 0 aromatic heterocycles. The molecule has 5 rings (SSSR count). The summed E-state index contributed by atoms with van der Waals surface area (Å²) in [5.41, 5.74) is -0.550. The molecule has 3 aromatic rings. The molecule has 0 bridgehead atoms. The van der Waals surface area contributed by atoms with Gasteiger partial charge in [-0.05, 0) is 77.9 Å². The fraction of sp³-hybridized carbons (Fsp3) is 0.371. The molecule has 1 amide bonds. The number of ether oxygens (including phenoxy) is 4. The van der Waals surface area contributed by atoms with Gasteiger partial charge >= 0.3 is 17.9 Å². The van der Waals surface area contributed by atoms with Crippen LogP contribution in [0.3, 0.4) is 0 Å². The third-order valence-electron chi connectivity index (χ3n) is 7.00. The van der Waals surface area contributed by atoms with Gasteiger partial charge in [0.15, 0.2) is 5.60 Å². The number of carbonyl (C=O) groups excluding carboxylic acids is 4. The van der Waals surface area contributed by atoms with E-state index in [0.717, 1.165) is 0 Å². The van der Waals surface area contributed by atoms with Crippen molar-refractivity contribution in [1.82, 2.24) is 0 Å². The number of nitrogens with one attached hydrogen (secondary N) is 1. The molecule has 2 aliphatic heterocycles. The van der Waals surface area contributed by atoms with Gasteiger partial charge in [-0.3, -0.25) is 14.4 Å². The van der Waals surface area contributed by atoms with Crippen molar-refractivity contribution in [1.29, 1.82) is 0 Å². The Morgan fingerprint density at radius 2 is 1.23 bits per heavy atom. The minimum absolute atomic E-state index is 0.188. The zero-order valence-electron chi connectivity index (χ0n) is 26.7. The van der Waals surface area contributed by atoms with Crippen molar-refractivity contribution in [3.05, 3.63) is 76.9 Å². The van der Waals surface area contributed by atoms with Crippen molar-refractivity contribution < 1.29 is 38.1 Å². The van der Waals surface area contributed by atoms with E-state index in [1.54, 1.807) is 103 Å². The Bertz CT molecular complexity index is 1560. The zero-order valence-corrected chi connectivity index (χ0v) is 26.7. The lowest BCUT2D eigenvalue weighted by molar-refractivity contribution is -0.143. The fourth-order valence-corrected chi connectivity index (χ4v) is 4.66. The quantitative estimate of drug-likeness (QED) is 0.241. The first kappa shape index (κ1) is 32.3. The van der Waals surface area contributed by atoms with Gasteiger partial charge in [0.05, 0.1) is 16.4 Å². The maximum absolute atomic E-state index is 13.4. The Morgan fingerprint density at radius 3 is 1.68 bits per heavy atom. The molecule has 9 nitrogen and oxygen atoms in total. The number of carbonyl (C=O) groups is 4. The van der Waals surface area contributed by atoms with Crippen LogP contribution in [-0.4, -0.2) is 23.8 Å². The molecular formula is C35H39NO8. The second kappa shape index (κ2) is 11.8. The number of fused-ring (bicyclic) bond motifs is 6. The lowest BCUT2D eigenvalue weighted by Crippen LogP contribution is -2.33. The molecule has 3 aromatic carbocycles. The predicted molar refractivity (Wildman–Crippen MR) is 165 cm³/mol. The number of hydrogen-bond acceptors (Lipinski definition) is 8. The summed E-state index contributed by atoms with van der Waals surface area (Å²) in [6.07, 6.45) is 0.286. The van der Waals surface area contributed by atoms with Crippen LogP contribution in [0.25, 0.3) is 0 Å². The monoisotopic (exact) mass is 601 g/mol. The smallest absolute Gasteiger partial charge is 0.340 e. The number of anilines is 1. The van der Waals surface area contributed by atoms with Crippen LogP contribution in [0.2, 0.25) is 0 Å². The first-order chi connectivity index (χ1) is 20.6. The predicted octanol–water partition coefficient (Wildman–Crippen LogP) is 7.53. The standard InChI is InChI=1S/C33H33NO8.C2H6/c1-8-27(35)34-18-9-12-22-21(15-18)28(36)42-33(22)23-13-10-19(39-29(37)31(2,3)4)16-25(23)41-26-17-20(11-14-24(26)33)40-30(38)32(5,6)7;1-2/h9-17H,8H2,1-7H3,(H,34,35);1-2H3. The third kappa shape index (κ3) is 5.91. The van der Waals surface area contributed by atoms with E-state index in [1.165, 1.54) is 0 Å². The highest BCUT2D eigenvalue weighted by molar-refractivity contribution is 5.99. The van der Waals surface area contributed by atoms with Crippen molar-refractivity contribution in [2.45, 2.75) is 74.3 Å². The van der Waals surface area contributed by atoms with Gasteiger partial charge in [0, 0.05) is 40.9 Å². The Morgan fingerprint density at radius 1 is 0.750 bits per heavy atom. The summed E-state index contributed by atoms with van der Waals surface area (Å²) in [6.45, 7) is 16.2. The van der Waals surface area contributed by atoms with Crippen LogP contribution in [0.1, 0.15) is 95.8 Å². The Kier molecular flexibility index (Phi) is 8.64. The van der Waals surface area contributed by atoms with Crippen molar-refractivity contribution in [2.24, 2.45) is 10.8 Å². The fourth-order valence-electron chi connectivity index (χ4n) is 4.66. The van der Waals surface area contributed by atoms with E-state index in [0.29, 0.717) is 33.9 Å². The number of rotatable bonds is 4. The van der Waals surface area contributed by atoms with Crippen LogP contribution < -0.4 is 19.5 Å². The normalized spacial score (nSPS) is 14.1. The maximum atomic E-state index is 13.4. The largest absolute Gasteiger partial charge is 0.456 e. The van der Waals surface area contributed by atoms with Gasteiger partial charge in [-0.15, -0.1) is 0 Å². The summed E-state index contributed by atoms with van der Waals surface area (Å²) >= 11 is 0. The molecule has 0 saturated heterocycles. The summed E-state index contributed by atoms with van der Waals surface area (Å²) in [5.74, 6) is -0.520. The molecule has 0 radical (unpaired) electrons. The van der Waals surface area contributed by atoms with Crippen molar-refractivity contribution in [3.63, 3.8) is 0 Å². The van der Waals surface area contributed by atoms with Crippen molar-refractivity contribution in [3.8, 4) is 23.0 Å². The van der Waals surface area contributed by atoms with E-state index in [9.17, 15) is 19.2 Å². The highest BCUT2D eigenvalue weighted by Crippen LogP contribution is 2.57. The second-order valence-electron chi connectivity index (χ2n) is 12.4. The molecule has 0 atom stereocenters. The van der Waals surface area contributed by atoms with Crippen LogP contribution >= 0.6 is 0 Å². The van der Waals surface area contributed by atoms with Crippen LogP contribution in [0.4, 0.5) is 5.69 Å². The van der Waals surface area contributed by atoms with Crippen LogP contribution in [0.5, 0.6) is 23.0 Å². The van der Waals surface area contributed by atoms with Gasteiger partial charge in [0.2, 0.25) is 5.91 Å². The van der Waals surface area contributed by atoms with E-state index in [4.69, 9.17) is 18.9 Å². The van der Waals surface area contributed by atoms with E-state index in [-0.39, 0.29) is 29.4 Å². The molecule has 232 valence electrons. The third-order valence-corrected chi connectivity index (χ3v) is 7.00. The molecule has 0 aliphatic carbocycles. The van der Waals surface area contributed by atoms with Gasteiger partial charge in [0.25, 0.3) is 0 Å². The number of amides is 1. The molecule has 2 aliphatic rings. The average Bonchev–Trinajstić information content (AvgIpc) is 3.24. The van der Waals surface area contributed by atoms with Gasteiger partial charge in [0.1, 0.15) is 23.0 Å². The van der Waals surface area contributed by atoms with Gasteiger partial charge < -0.3 is 24.3 Å². The number of hydrogen-bond donors (Lipinski definition) is 1. The molecular weight excluding hydrogens is 562 g/mol. The number of esters is 3. The van der Waals surface area contributed by atoms with Gasteiger partial charge in [-0.1, -0.05) is 26.8 Å². The van der Waals surface area contributed by atoms with Crippen LogP contribution in [0.15, 0.2) is 54.6 Å². The average molecular weight is 602 g/mol. The second-order valence-corrected chi connectivity index (χ2v) is 12.4.